The van der Waals surface area contributed by atoms with Crippen molar-refractivity contribution in [3.05, 3.63) is 90.4 Å². The number of halogens is 1. The van der Waals surface area contributed by atoms with E-state index in [1.54, 1.807) is 28.8 Å². The molecule has 0 aliphatic rings. The summed E-state index contributed by atoms with van der Waals surface area (Å²) in [4.78, 5) is 13.8. The Morgan fingerprint density at radius 2 is 1.69 bits per heavy atom. The number of thioether (sulfide) groups is 1. The van der Waals surface area contributed by atoms with Crippen LogP contribution in [0.15, 0.2) is 88.8 Å². The number of rotatable bonds is 7. The highest BCUT2D eigenvalue weighted by Crippen LogP contribution is 2.29. The molecule has 0 atom stereocenters. The van der Waals surface area contributed by atoms with Crippen molar-refractivity contribution in [3.8, 4) is 0 Å². The lowest BCUT2D eigenvalue weighted by atomic mass is 10.2. The molecule has 0 aliphatic carbocycles. The van der Waals surface area contributed by atoms with Gasteiger partial charge in [0.25, 0.3) is 0 Å². The molecule has 1 amide bonds. The molecule has 0 unspecified atom stereocenters. The number of hydrogen-bond acceptors (Lipinski definition) is 4. The first-order valence-corrected chi connectivity index (χ1v) is 12.7. The van der Waals surface area contributed by atoms with Gasteiger partial charge in [0.15, 0.2) is 9.84 Å². The van der Waals surface area contributed by atoms with Crippen LogP contribution >= 0.6 is 11.8 Å². The molecule has 4 aromatic rings. The van der Waals surface area contributed by atoms with Crippen molar-refractivity contribution in [2.75, 3.05) is 11.6 Å². The Morgan fingerprint density at radius 3 is 2.44 bits per heavy atom. The number of amides is 1. The summed E-state index contributed by atoms with van der Waals surface area (Å²) in [5.74, 6) is -0.930. The molecular weight excluding hydrogens is 447 g/mol. The lowest BCUT2D eigenvalue weighted by Crippen LogP contribution is -2.18. The van der Waals surface area contributed by atoms with Crippen molar-refractivity contribution in [2.45, 2.75) is 22.1 Å². The summed E-state index contributed by atoms with van der Waals surface area (Å²) < 4.78 is 41.2. The molecule has 1 N–H and O–H groups in total. The number of para-hydroxylation sites is 2. The van der Waals surface area contributed by atoms with Crippen molar-refractivity contribution in [1.82, 2.24) is 4.57 Å². The molecule has 8 heteroatoms. The molecule has 0 saturated heterocycles. The first-order valence-electron chi connectivity index (χ1n) is 9.85. The van der Waals surface area contributed by atoms with Crippen LogP contribution < -0.4 is 5.32 Å². The van der Waals surface area contributed by atoms with Crippen molar-refractivity contribution in [2.24, 2.45) is 0 Å². The van der Waals surface area contributed by atoms with E-state index in [4.69, 9.17) is 0 Å². The second-order valence-electron chi connectivity index (χ2n) is 7.27. The molecule has 3 aromatic carbocycles. The number of carbonyl (C=O) groups is 1. The fourth-order valence-electron chi connectivity index (χ4n) is 3.56. The van der Waals surface area contributed by atoms with Crippen molar-refractivity contribution in [3.63, 3.8) is 0 Å². The van der Waals surface area contributed by atoms with Gasteiger partial charge in [-0.1, -0.05) is 42.5 Å². The Kier molecular flexibility index (Phi) is 6.34. The average Bonchev–Trinajstić information content (AvgIpc) is 3.15. The number of nitrogens with one attached hydrogen (secondary N) is 1. The van der Waals surface area contributed by atoms with Gasteiger partial charge in [-0.2, -0.15) is 0 Å². The lowest BCUT2D eigenvalue weighted by Gasteiger charge is -2.10. The smallest absolute Gasteiger partial charge is 0.244 e. The van der Waals surface area contributed by atoms with Gasteiger partial charge < -0.3 is 9.88 Å². The topological polar surface area (TPSA) is 68.2 Å². The van der Waals surface area contributed by atoms with E-state index in [1.165, 1.54) is 42.2 Å². The van der Waals surface area contributed by atoms with E-state index in [0.717, 1.165) is 4.90 Å². The molecule has 1 heterocycles. The van der Waals surface area contributed by atoms with Crippen LogP contribution in [-0.2, 0) is 26.9 Å². The van der Waals surface area contributed by atoms with Gasteiger partial charge in [-0.15, -0.1) is 11.8 Å². The van der Waals surface area contributed by atoms with Gasteiger partial charge in [0.1, 0.15) is 12.4 Å². The molecule has 32 heavy (non-hydrogen) atoms. The maximum Gasteiger partial charge on any atom is 0.244 e. The molecular formula is C24H21FN2O3S2. The summed E-state index contributed by atoms with van der Waals surface area (Å²) in [5, 5.41) is 3.45. The van der Waals surface area contributed by atoms with E-state index in [9.17, 15) is 17.6 Å². The predicted molar refractivity (Wildman–Crippen MR) is 126 cm³/mol. The summed E-state index contributed by atoms with van der Waals surface area (Å²) >= 11 is 1.53. The predicted octanol–water partition coefficient (Wildman–Crippen LogP) is 5.11. The highest BCUT2D eigenvalue weighted by atomic mass is 32.2. The van der Waals surface area contributed by atoms with Crippen LogP contribution in [0.2, 0.25) is 0 Å². The van der Waals surface area contributed by atoms with Gasteiger partial charge >= 0.3 is 0 Å². The van der Waals surface area contributed by atoms with Crippen LogP contribution in [-0.4, -0.2) is 25.1 Å². The first-order chi connectivity index (χ1) is 15.4. The fourth-order valence-corrected chi connectivity index (χ4v) is 5.70. The number of aromatic nitrogens is 1. The summed E-state index contributed by atoms with van der Waals surface area (Å²) in [6.07, 6.45) is 3.44. The number of carbonyl (C=O) groups excluding carboxylic acids is 1. The zero-order chi connectivity index (χ0) is 22.7. The third kappa shape index (κ3) is 4.71. The maximum atomic E-state index is 13.2. The van der Waals surface area contributed by atoms with Crippen LogP contribution in [0.3, 0.4) is 0 Å². The highest BCUT2D eigenvalue weighted by Gasteiger charge is 2.22. The third-order valence-corrected chi connectivity index (χ3v) is 7.56. The highest BCUT2D eigenvalue weighted by molar-refractivity contribution is 7.98. The zero-order valence-corrected chi connectivity index (χ0v) is 18.9. The van der Waals surface area contributed by atoms with Gasteiger partial charge in [-0.05, 0) is 42.2 Å². The Hall–Kier alpha value is -3.10. The molecule has 5 nitrogen and oxygen atoms in total. The monoisotopic (exact) mass is 468 g/mol. The molecule has 0 bridgehead atoms. The van der Waals surface area contributed by atoms with E-state index in [0.29, 0.717) is 22.2 Å². The maximum absolute atomic E-state index is 13.2. The summed E-state index contributed by atoms with van der Waals surface area (Å²) in [6.45, 7) is -0.0324. The van der Waals surface area contributed by atoms with Gasteiger partial charge in [-0.3, -0.25) is 4.79 Å². The number of sulfone groups is 1. The van der Waals surface area contributed by atoms with Gasteiger partial charge in [-0.25, -0.2) is 12.8 Å². The van der Waals surface area contributed by atoms with Gasteiger partial charge in [0.05, 0.1) is 16.3 Å². The second-order valence-corrected chi connectivity index (χ2v) is 10.1. The Morgan fingerprint density at radius 1 is 1.00 bits per heavy atom. The van der Waals surface area contributed by atoms with Crippen molar-refractivity contribution in [1.29, 1.82) is 0 Å². The summed E-state index contributed by atoms with van der Waals surface area (Å²) in [7, 11) is -3.72. The van der Waals surface area contributed by atoms with E-state index >= 15 is 0 Å². The molecule has 1 aromatic heterocycles. The Bertz CT molecular complexity index is 1380. The number of anilines is 1. The summed E-state index contributed by atoms with van der Waals surface area (Å²) in [5.41, 5.74) is 1.86. The van der Waals surface area contributed by atoms with Crippen molar-refractivity contribution >= 4 is 44.1 Å². The normalized spacial score (nSPS) is 11.6. The quantitative estimate of drug-likeness (QED) is 0.383. The Balaban J connectivity index is 1.64. The molecule has 4 rings (SSSR count). The van der Waals surface area contributed by atoms with Crippen LogP contribution in [0.1, 0.15) is 5.56 Å². The molecule has 0 spiro atoms. The Labute approximate surface area is 190 Å². The minimum absolute atomic E-state index is 0.0324. The van der Waals surface area contributed by atoms with Gasteiger partial charge in [0.2, 0.25) is 5.91 Å². The molecule has 0 fully saturated rings. The number of fused-ring (bicyclic) bond motifs is 1. The zero-order valence-electron chi connectivity index (χ0n) is 17.3. The van der Waals surface area contributed by atoms with Crippen LogP contribution in [0.5, 0.6) is 0 Å². The van der Waals surface area contributed by atoms with Gasteiger partial charge in [0, 0.05) is 22.0 Å². The lowest BCUT2D eigenvalue weighted by molar-refractivity contribution is -0.116. The minimum atomic E-state index is -3.72. The van der Waals surface area contributed by atoms with E-state index in [2.05, 4.69) is 5.32 Å². The summed E-state index contributed by atoms with van der Waals surface area (Å²) in [6, 6.07) is 20.0. The second kappa shape index (κ2) is 9.18. The number of hydrogen-bond donors (Lipinski definition) is 1. The van der Waals surface area contributed by atoms with E-state index in [1.807, 2.05) is 30.5 Å². The first kappa shape index (κ1) is 22.1. The standard InChI is InChI=1S/C24H21FN2O3S2/c1-31-22-9-5-3-7-20(22)26-24(28)15-27-14-23(19-6-2-4-8-21(19)27)32(29,30)16-17-10-12-18(25)13-11-17/h2-14H,15-16H2,1H3,(H,26,28). The molecule has 164 valence electrons. The molecule has 0 radical (unpaired) electrons. The average molecular weight is 469 g/mol. The van der Waals surface area contributed by atoms with E-state index < -0.39 is 15.7 Å². The van der Waals surface area contributed by atoms with Crippen LogP contribution in [0.25, 0.3) is 10.9 Å². The molecule has 0 saturated carbocycles. The minimum Gasteiger partial charge on any atom is -0.337 e. The van der Waals surface area contributed by atoms with Crippen LogP contribution in [0, 0.1) is 5.82 Å². The fraction of sp³-hybridized carbons (Fsp3) is 0.125. The van der Waals surface area contributed by atoms with E-state index in [-0.39, 0.29) is 23.1 Å². The third-order valence-electron chi connectivity index (χ3n) is 5.05. The number of benzene rings is 3. The number of nitrogens with zero attached hydrogens (tertiary/aromatic N) is 1. The largest absolute Gasteiger partial charge is 0.337 e. The van der Waals surface area contributed by atoms with Crippen LogP contribution in [0.4, 0.5) is 10.1 Å². The molecule has 0 aliphatic heterocycles. The van der Waals surface area contributed by atoms with Crippen molar-refractivity contribution < 1.29 is 17.6 Å². The SMILES string of the molecule is CSc1ccccc1NC(=O)Cn1cc(S(=O)(=O)Cc2ccc(F)cc2)c2ccccc21.